The zero-order chi connectivity index (χ0) is 21.5. The molecule has 0 heterocycles. The van der Waals surface area contributed by atoms with Crippen LogP contribution in [-0.4, -0.2) is 26.9 Å². The topological polar surface area (TPSA) is 18.5 Å². The van der Waals surface area contributed by atoms with Gasteiger partial charge in [-0.15, -0.1) is 0 Å². The van der Waals surface area contributed by atoms with Gasteiger partial charge in [0.25, 0.3) is 0 Å². The molecule has 2 atom stereocenters. The minimum absolute atomic E-state index is 0.0534. The van der Waals surface area contributed by atoms with E-state index in [1.807, 2.05) is 13.0 Å². The summed E-state index contributed by atoms with van der Waals surface area (Å²) in [4.78, 5) is 0. The smallest absolute Gasteiger partial charge is 0.131 e. The third-order valence-electron chi connectivity index (χ3n) is 5.30. The van der Waals surface area contributed by atoms with Crippen molar-refractivity contribution < 1.29 is 22.6 Å². The molecular formula is C25H27F3O2. The molecule has 0 fully saturated rings. The first kappa shape index (κ1) is 22.3. The Morgan fingerprint density at radius 3 is 2.37 bits per heavy atom. The maximum atomic E-state index is 14.8. The molecule has 0 amide bonds. The van der Waals surface area contributed by atoms with Gasteiger partial charge in [0.15, 0.2) is 0 Å². The molecule has 160 valence electrons. The molecule has 5 heteroatoms. The molecule has 3 rings (SSSR count). The van der Waals surface area contributed by atoms with E-state index in [4.69, 9.17) is 9.47 Å². The predicted molar refractivity (Wildman–Crippen MR) is 114 cm³/mol. The SMILES string of the molecule is CCOCC(COC)CC1C=C(F)C(c2ccc(-c3ccc(F)cc3)c(F)c2)=CC1. The molecule has 1 aliphatic carbocycles. The van der Waals surface area contributed by atoms with Crippen molar-refractivity contribution in [3.63, 3.8) is 0 Å². The number of benzene rings is 2. The van der Waals surface area contributed by atoms with Crippen molar-refractivity contribution in [1.29, 1.82) is 0 Å². The summed E-state index contributed by atoms with van der Waals surface area (Å²) in [7, 11) is 1.65. The van der Waals surface area contributed by atoms with Gasteiger partial charge in [-0.1, -0.05) is 30.3 Å². The van der Waals surface area contributed by atoms with Gasteiger partial charge in [-0.05, 0) is 61.1 Å². The minimum atomic E-state index is -0.466. The third-order valence-corrected chi connectivity index (χ3v) is 5.30. The van der Waals surface area contributed by atoms with Crippen LogP contribution in [0.1, 0.15) is 25.3 Å². The number of methoxy groups -OCH3 is 1. The maximum absolute atomic E-state index is 14.8. The molecule has 0 N–H and O–H groups in total. The molecule has 2 aromatic rings. The van der Waals surface area contributed by atoms with Crippen LogP contribution in [0.25, 0.3) is 16.7 Å². The predicted octanol–water partition coefficient (Wildman–Crippen LogP) is 6.58. The highest BCUT2D eigenvalue weighted by atomic mass is 19.1. The molecule has 30 heavy (non-hydrogen) atoms. The fraction of sp³-hybridized carbons (Fsp3) is 0.360. The number of rotatable bonds is 9. The summed E-state index contributed by atoms with van der Waals surface area (Å²) < 4.78 is 53.4. The first-order chi connectivity index (χ1) is 14.5. The van der Waals surface area contributed by atoms with Crippen molar-refractivity contribution in [1.82, 2.24) is 0 Å². The largest absolute Gasteiger partial charge is 0.384 e. The quantitative estimate of drug-likeness (QED) is 0.460. The first-order valence-electron chi connectivity index (χ1n) is 10.2. The van der Waals surface area contributed by atoms with Crippen LogP contribution in [0.4, 0.5) is 13.2 Å². The molecule has 0 spiro atoms. The van der Waals surface area contributed by atoms with E-state index >= 15 is 0 Å². The molecule has 0 radical (unpaired) electrons. The van der Waals surface area contributed by atoms with Gasteiger partial charge < -0.3 is 9.47 Å². The zero-order valence-corrected chi connectivity index (χ0v) is 17.3. The Hall–Kier alpha value is -2.37. The van der Waals surface area contributed by atoms with Crippen LogP contribution in [0.15, 0.2) is 60.4 Å². The molecule has 1 aliphatic rings. The summed E-state index contributed by atoms with van der Waals surface area (Å²) in [5, 5.41) is 0. The van der Waals surface area contributed by atoms with Gasteiger partial charge in [0.1, 0.15) is 17.5 Å². The lowest BCUT2D eigenvalue weighted by Crippen LogP contribution is -2.19. The van der Waals surface area contributed by atoms with E-state index in [0.717, 1.165) is 6.42 Å². The van der Waals surface area contributed by atoms with Crippen LogP contribution < -0.4 is 0 Å². The molecule has 0 aromatic heterocycles. The third kappa shape index (κ3) is 5.61. The fourth-order valence-corrected chi connectivity index (χ4v) is 3.83. The molecule has 0 aliphatic heterocycles. The number of ether oxygens (including phenoxy) is 2. The van der Waals surface area contributed by atoms with Gasteiger partial charge in [0.05, 0.1) is 13.2 Å². The van der Waals surface area contributed by atoms with E-state index in [9.17, 15) is 13.2 Å². The van der Waals surface area contributed by atoms with Gasteiger partial charge in [-0.3, -0.25) is 0 Å². The van der Waals surface area contributed by atoms with Gasteiger partial charge in [0.2, 0.25) is 0 Å². The van der Waals surface area contributed by atoms with Crippen LogP contribution in [0.2, 0.25) is 0 Å². The van der Waals surface area contributed by atoms with Crippen LogP contribution in [-0.2, 0) is 9.47 Å². The van der Waals surface area contributed by atoms with Crippen LogP contribution in [0.3, 0.4) is 0 Å². The van der Waals surface area contributed by atoms with Crippen molar-refractivity contribution in [2.45, 2.75) is 19.8 Å². The zero-order valence-electron chi connectivity index (χ0n) is 17.3. The molecule has 0 saturated heterocycles. The Balaban J connectivity index is 1.72. The summed E-state index contributed by atoms with van der Waals surface area (Å²) in [5.41, 5.74) is 1.83. The summed E-state index contributed by atoms with van der Waals surface area (Å²) in [5.74, 6) is -0.928. The highest BCUT2D eigenvalue weighted by Gasteiger charge is 2.21. The highest BCUT2D eigenvalue weighted by molar-refractivity contribution is 5.79. The summed E-state index contributed by atoms with van der Waals surface area (Å²) in [6.07, 6.45) is 4.89. The Labute approximate surface area is 176 Å². The molecule has 2 unspecified atom stereocenters. The lowest BCUT2D eigenvalue weighted by atomic mass is 9.86. The fourth-order valence-electron chi connectivity index (χ4n) is 3.83. The van der Waals surface area contributed by atoms with Gasteiger partial charge in [-0.25, -0.2) is 13.2 Å². The van der Waals surface area contributed by atoms with Crippen molar-refractivity contribution in [2.24, 2.45) is 11.8 Å². The molecular weight excluding hydrogens is 389 g/mol. The van der Waals surface area contributed by atoms with E-state index in [1.165, 1.54) is 30.3 Å². The Morgan fingerprint density at radius 2 is 1.73 bits per heavy atom. The number of hydrogen-bond acceptors (Lipinski definition) is 2. The Kier molecular flexibility index (Phi) is 7.88. The number of hydrogen-bond donors (Lipinski definition) is 0. The van der Waals surface area contributed by atoms with Crippen LogP contribution in [0.5, 0.6) is 0 Å². The molecule has 0 bridgehead atoms. The normalized spacial score (nSPS) is 17.4. The summed E-state index contributed by atoms with van der Waals surface area (Å²) >= 11 is 0. The molecule has 0 saturated carbocycles. The second kappa shape index (κ2) is 10.6. The standard InChI is InChI=1S/C25H27F3O2/c1-3-30-16-18(15-29-2)12-17-4-10-23(24(27)13-17)20-7-11-22(25(28)14-20)19-5-8-21(26)9-6-19/h5-11,13-14,17-18H,3-4,12,15-16H2,1-2H3. The van der Waals surface area contributed by atoms with E-state index in [2.05, 4.69) is 0 Å². The number of halogens is 3. The lowest BCUT2D eigenvalue weighted by molar-refractivity contribution is 0.0552. The lowest BCUT2D eigenvalue weighted by Gasteiger charge is -2.23. The van der Waals surface area contributed by atoms with Crippen LogP contribution in [0, 0.1) is 23.5 Å². The van der Waals surface area contributed by atoms with Crippen molar-refractivity contribution in [2.75, 3.05) is 26.9 Å². The first-order valence-corrected chi connectivity index (χ1v) is 10.2. The van der Waals surface area contributed by atoms with Crippen LogP contribution >= 0.6 is 0 Å². The van der Waals surface area contributed by atoms with E-state index in [1.54, 1.807) is 25.3 Å². The Bertz CT molecular complexity index is 903. The summed E-state index contributed by atoms with van der Waals surface area (Å²) in [6.45, 7) is 3.74. The second-order valence-corrected chi connectivity index (χ2v) is 7.55. The van der Waals surface area contributed by atoms with Gasteiger partial charge >= 0.3 is 0 Å². The Morgan fingerprint density at radius 1 is 1.00 bits per heavy atom. The second-order valence-electron chi connectivity index (χ2n) is 7.55. The van der Waals surface area contributed by atoms with E-state index in [0.29, 0.717) is 48.5 Å². The van der Waals surface area contributed by atoms with Gasteiger partial charge in [0, 0.05) is 30.8 Å². The van der Waals surface area contributed by atoms with Crippen molar-refractivity contribution >= 4 is 5.57 Å². The maximum Gasteiger partial charge on any atom is 0.131 e. The molecule has 2 aromatic carbocycles. The van der Waals surface area contributed by atoms with E-state index < -0.39 is 5.82 Å². The van der Waals surface area contributed by atoms with Gasteiger partial charge in [-0.2, -0.15) is 0 Å². The molecule has 2 nitrogen and oxygen atoms in total. The van der Waals surface area contributed by atoms with E-state index in [-0.39, 0.29) is 23.5 Å². The van der Waals surface area contributed by atoms with Crippen molar-refractivity contribution in [3.8, 4) is 11.1 Å². The highest BCUT2D eigenvalue weighted by Crippen LogP contribution is 2.35. The average Bonchev–Trinajstić information content (AvgIpc) is 2.73. The summed E-state index contributed by atoms with van der Waals surface area (Å²) in [6, 6.07) is 10.3. The monoisotopic (exact) mass is 416 g/mol. The minimum Gasteiger partial charge on any atom is -0.384 e. The van der Waals surface area contributed by atoms with Crippen molar-refractivity contribution in [3.05, 3.63) is 77.6 Å². The average molecular weight is 416 g/mol. The number of allylic oxidation sites excluding steroid dienone is 4.